The molecule has 36 heavy (non-hydrogen) atoms. The normalized spacial score (nSPS) is 19.8. The second kappa shape index (κ2) is 10.7. The molecule has 2 aromatic carbocycles. The summed E-state index contributed by atoms with van der Waals surface area (Å²) in [6.07, 6.45) is 0.813. The number of methoxy groups -OCH3 is 1. The molecule has 2 unspecified atom stereocenters. The molecule has 5 rings (SSSR count). The smallest absolute Gasteiger partial charge is 0.311 e. The topological polar surface area (TPSA) is 82.0 Å². The number of benzene rings is 2. The Morgan fingerprint density at radius 3 is 2.69 bits per heavy atom. The van der Waals surface area contributed by atoms with Gasteiger partial charge in [-0.3, -0.25) is 9.59 Å². The van der Waals surface area contributed by atoms with Crippen LogP contribution in [0.1, 0.15) is 17.5 Å². The van der Waals surface area contributed by atoms with E-state index >= 15 is 0 Å². The third kappa shape index (κ3) is 5.24. The number of aromatic nitrogens is 1. The van der Waals surface area contributed by atoms with Crippen LogP contribution in [0.15, 0.2) is 53.3 Å². The fourth-order valence-electron chi connectivity index (χ4n) is 5.17. The molecule has 2 aliphatic rings. The average Bonchev–Trinajstić information content (AvgIpc) is 2.91. The number of hydrogen-bond acceptors (Lipinski definition) is 7. The summed E-state index contributed by atoms with van der Waals surface area (Å²) in [5.74, 6) is 1.04. The van der Waals surface area contributed by atoms with Crippen molar-refractivity contribution >= 4 is 16.9 Å². The largest absolute Gasteiger partial charge is 0.486 e. The summed E-state index contributed by atoms with van der Waals surface area (Å²) >= 11 is 0. The molecule has 0 aliphatic carbocycles. The maximum Gasteiger partial charge on any atom is 0.311 e. The van der Waals surface area contributed by atoms with Crippen LogP contribution >= 0.6 is 0 Å². The highest BCUT2D eigenvalue weighted by atomic mass is 16.6. The molecular weight excluding hydrogens is 458 g/mol. The van der Waals surface area contributed by atoms with E-state index in [2.05, 4.69) is 22.3 Å². The molecule has 0 radical (unpaired) electrons. The maximum absolute atomic E-state index is 12.7. The van der Waals surface area contributed by atoms with Gasteiger partial charge in [0, 0.05) is 38.3 Å². The van der Waals surface area contributed by atoms with Gasteiger partial charge >= 0.3 is 5.97 Å². The van der Waals surface area contributed by atoms with Gasteiger partial charge in [0.2, 0.25) is 0 Å². The second-order valence-corrected chi connectivity index (χ2v) is 9.57. The van der Waals surface area contributed by atoms with E-state index in [1.54, 1.807) is 6.07 Å². The van der Waals surface area contributed by atoms with Crippen molar-refractivity contribution in [1.29, 1.82) is 0 Å². The number of esters is 1. The van der Waals surface area contributed by atoms with Gasteiger partial charge in [-0.15, -0.1) is 0 Å². The minimum absolute atomic E-state index is 0.00447. The number of carbonyl (C=O) groups excluding carboxylic acids is 1. The lowest BCUT2D eigenvalue weighted by Gasteiger charge is -2.37. The number of ether oxygens (including phenoxy) is 3. The van der Waals surface area contributed by atoms with Gasteiger partial charge in [0.25, 0.3) is 5.56 Å². The summed E-state index contributed by atoms with van der Waals surface area (Å²) in [5, 5.41) is 4.62. The van der Waals surface area contributed by atoms with E-state index in [9.17, 15) is 9.59 Å². The van der Waals surface area contributed by atoms with Crippen LogP contribution < -0.4 is 20.3 Å². The predicted molar refractivity (Wildman–Crippen MR) is 138 cm³/mol. The molecule has 0 bridgehead atoms. The number of hydrogen-bond donors (Lipinski definition) is 1. The van der Waals surface area contributed by atoms with Crippen molar-refractivity contribution in [2.75, 3.05) is 40.0 Å². The van der Waals surface area contributed by atoms with E-state index in [4.69, 9.17) is 14.2 Å². The molecular formula is C28H33N3O5. The Balaban J connectivity index is 1.24. The van der Waals surface area contributed by atoms with Crippen LogP contribution in [-0.2, 0) is 22.6 Å². The number of piperidine rings is 1. The lowest BCUT2D eigenvalue weighted by atomic mass is 9.91. The summed E-state index contributed by atoms with van der Waals surface area (Å²) in [6.45, 7) is 6.47. The number of nitrogens with one attached hydrogen (secondary N) is 1. The van der Waals surface area contributed by atoms with Crippen molar-refractivity contribution in [2.24, 2.45) is 5.92 Å². The Morgan fingerprint density at radius 1 is 1.06 bits per heavy atom. The van der Waals surface area contributed by atoms with Gasteiger partial charge in [0.15, 0.2) is 11.5 Å². The van der Waals surface area contributed by atoms with E-state index in [-0.39, 0.29) is 23.5 Å². The number of nitrogens with zero attached hydrogens (tertiary/aromatic N) is 2. The van der Waals surface area contributed by atoms with Gasteiger partial charge in [0.05, 0.1) is 18.5 Å². The van der Waals surface area contributed by atoms with Gasteiger partial charge in [-0.2, -0.15) is 0 Å². The molecule has 8 heteroatoms. The first-order chi connectivity index (χ1) is 17.5. The van der Waals surface area contributed by atoms with Gasteiger partial charge in [-0.05, 0) is 60.7 Å². The molecule has 8 nitrogen and oxygen atoms in total. The number of fused-ring (bicyclic) bond motifs is 2. The minimum Gasteiger partial charge on any atom is -0.486 e. The lowest BCUT2D eigenvalue weighted by molar-refractivity contribution is -0.148. The zero-order valence-corrected chi connectivity index (χ0v) is 20.9. The summed E-state index contributed by atoms with van der Waals surface area (Å²) < 4.78 is 18.3. The standard InChI is InChI=1S/C28H33N3O5/c1-19-3-5-21-6-8-27(32)31(24(21)15-19)12-11-30-10-9-23(22(18-30)28(33)34-2)29-17-20-4-7-25-26(16-20)36-14-13-35-25/h3-8,15-16,22-23,29H,9-14,17-18H2,1-2H3. The highest BCUT2D eigenvalue weighted by Crippen LogP contribution is 2.31. The fourth-order valence-corrected chi connectivity index (χ4v) is 5.17. The van der Waals surface area contributed by atoms with Crippen molar-refractivity contribution < 1.29 is 19.0 Å². The Labute approximate surface area is 210 Å². The zero-order chi connectivity index (χ0) is 25.1. The Hall–Kier alpha value is -3.36. The quantitative estimate of drug-likeness (QED) is 0.509. The van der Waals surface area contributed by atoms with E-state index in [0.29, 0.717) is 39.4 Å². The van der Waals surface area contributed by atoms with Gasteiger partial charge in [-0.1, -0.05) is 18.2 Å². The first-order valence-electron chi connectivity index (χ1n) is 12.5. The average molecular weight is 492 g/mol. The fraction of sp³-hybridized carbons (Fsp3) is 0.429. The third-order valence-corrected chi connectivity index (χ3v) is 7.16. The summed E-state index contributed by atoms with van der Waals surface area (Å²) in [7, 11) is 1.44. The maximum atomic E-state index is 12.7. The number of carbonyl (C=O) groups is 1. The molecule has 0 amide bonds. The molecule has 3 aromatic rings. The van der Waals surface area contributed by atoms with E-state index in [1.807, 2.05) is 41.8 Å². The molecule has 2 aliphatic heterocycles. The number of likely N-dealkylation sites (tertiary alicyclic amines) is 1. The van der Waals surface area contributed by atoms with Crippen molar-refractivity contribution in [2.45, 2.75) is 32.5 Å². The molecule has 1 N–H and O–H groups in total. The predicted octanol–water partition coefficient (Wildman–Crippen LogP) is 2.73. The van der Waals surface area contributed by atoms with Crippen LogP contribution in [0, 0.1) is 12.8 Å². The molecule has 1 fully saturated rings. The summed E-state index contributed by atoms with van der Waals surface area (Å²) in [5.41, 5.74) is 3.14. The molecule has 1 saturated heterocycles. The summed E-state index contributed by atoms with van der Waals surface area (Å²) in [6, 6.07) is 15.6. The number of pyridine rings is 1. The monoisotopic (exact) mass is 491 g/mol. The van der Waals surface area contributed by atoms with Crippen molar-refractivity contribution in [3.63, 3.8) is 0 Å². The SMILES string of the molecule is COC(=O)C1CN(CCn2c(=O)ccc3ccc(C)cc32)CCC1NCc1ccc2c(c1)OCCO2. The molecule has 3 heterocycles. The minimum atomic E-state index is -0.285. The second-order valence-electron chi connectivity index (χ2n) is 9.57. The van der Waals surface area contributed by atoms with Crippen LogP contribution in [0.4, 0.5) is 0 Å². The van der Waals surface area contributed by atoms with E-state index < -0.39 is 0 Å². The van der Waals surface area contributed by atoms with Crippen LogP contribution in [0.3, 0.4) is 0 Å². The van der Waals surface area contributed by atoms with Crippen molar-refractivity contribution in [1.82, 2.24) is 14.8 Å². The zero-order valence-electron chi connectivity index (χ0n) is 20.9. The number of rotatable bonds is 7. The van der Waals surface area contributed by atoms with E-state index in [1.165, 1.54) is 7.11 Å². The van der Waals surface area contributed by atoms with E-state index in [0.717, 1.165) is 46.5 Å². The van der Waals surface area contributed by atoms with Crippen LogP contribution in [0.2, 0.25) is 0 Å². The Morgan fingerprint density at radius 2 is 1.86 bits per heavy atom. The van der Waals surface area contributed by atoms with Crippen molar-refractivity contribution in [3.05, 3.63) is 70.0 Å². The highest BCUT2D eigenvalue weighted by Gasteiger charge is 2.34. The first-order valence-corrected chi connectivity index (χ1v) is 12.5. The van der Waals surface area contributed by atoms with Gasteiger partial charge < -0.3 is 29.0 Å². The highest BCUT2D eigenvalue weighted by molar-refractivity contribution is 5.79. The molecule has 0 saturated carbocycles. The molecule has 2 atom stereocenters. The number of aryl methyl sites for hydroxylation is 1. The summed E-state index contributed by atoms with van der Waals surface area (Å²) in [4.78, 5) is 27.6. The van der Waals surface area contributed by atoms with Gasteiger partial charge in [-0.25, -0.2) is 0 Å². The molecule has 0 spiro atoms. The van der Waals surface area contributed by atoms with Crippen LogP contribution in [0.25, 0.3) is 10.9 Å². The lowest BCUT2D eigenvalue weighted by Crippen LogP contribution is -2.53. The Bertz CT molecular complexity index is 1300. The molecule has 190 valence electrons. The van der Waals surface area contributed by atoms with Crippen molar-refractivity contribution in [3.8, 4) is 11.5 Å². The van der Waals surface area contributed by atoms with Crippen LogP contribution in [-0.4, -0.2) is 61.4 Å². The third-order valence-electron chi connectivity index (χ3n) is 7.16. The van der Waals surface area contributed by atoms with Crippen LogP contribution in [0.5, 0.6) is 11.5 Å². The first kappa shape index (κ1) is 24.3. The van der Waals surface area contributed by atoms with Gasteiger partial charge in [0.1, 0.15) is 13.2 Å². The Kier molecular flexibility index (Phi) is 7.25. The molecule has 1 aromatic heterocycles.